The van der Waals surface area contributed by atoms with E-state index in [1.807, 2.05) is 30.3 Å². The van der Waals surface area contributed by atoms with Gasteiger partial charge in [-0.15, -0.1) is 0 Å². The molecule has 1 aromatic rings. The van der Waals surface area contributed by atoms with Gasteiger partial charge in [-0.3, -0.25) is 0 Å². The standard InChI is InChI=1S/C6H5.2FH.Mg/c1-2-4-6-5-3-1;;;/h1-5H;2*1H;/q;;;+2/p-2. The summed E-state index contributed by atoms with van der Waals surface area (Å²) in [6.07, 6.45) is 0. The fraction of sp³-hybridized carbons (Fsp3) is 0. The summed E-state index contributed by atoms with van der Waals surface area (Å²) in [7, 11) is 0. The quantitative estimate of drug-likeness (QED) is 0.482. The molecule has 0 saturated carbocycles. The minimum atomic E-state index is -2.58. The van der Waals surface area contributed by atoms with Gasteiger partial charge in [0.15, 0.2) is 0 Å². The average molecular weight is 139 g/mol. The Bertz CT molecular complexity index is 93.9. The van der Waals surface area contributed by atoms with Gasteiger partial charge >= 0.3 is 21.5 Å². The Hall–Kier alpha value is -0.154. The highest BCUT2D eigenvalue weighted by Gasteiger charge is 1.78. The first-order chi connectivity index (χ1) is 4.41. The van der Waals surface area contributed by atoms with Gasteiger partial charge in [-0.25, -0.2) is 0 Å². The number of halogens is 2. The van der Waals surface area contributed by atoms with Gasteiger partial charge < -0.3 is 5.91 Å². The molecule has 1 radical (unpaired) electrons. The molecular formula is C6H5F2Mg. The van der Waals surface area contributed by atoms with E-state index in [9.17, 15) is 5.91 Å². The summed E-state index contributed by atoms with van der Waals surface area (Å²) >= 11 is -2.58. The van der Waals surface area contributed by atoms with Crippen LogP contribution in [0.25, 0.3) is 0 Å². The van der Waals surface area contributed by atoms with E-state index in [1.54, 1.807) is 0 Å². The zero-order valence-corrected chi connectivity index (χ0v) is 6.26. The molecule has 9 heavy (non-hydrogen) atoms. The van der Waals surface area contributed by atoms with Gasteiger partial charge in [0.2, 0.25) is 0 Å². The number of hydrogen-bond acceptors (Lipinski definition) is 0. The van der Waals surface area contributed by atoms with Crippen molar-refractivity contribution in [2.24, 2.45) is 0 Å². The lowest BCUT2D eigenvalue weighted by Crippen LogP contribution is -1.49. The van der Waals surface area contributed by atoms with Crippen LogP contribution in [0.1, 0.15) is 0 Å². The molecule has 1 aromatic carbocycles. The number of benzene rings is 1. The van der Waals surface area contributed by atoms with E-state index in [0.29, 0.717) is 0 Å². The lowest BCUT2D eigenvalue weighted by Gasteiger charge is -1.68. The van der Waals surface area contributed by atoms with Crippen LogP contribution in [0.3, 0.4) is 0 Å². The van der Waals surface area contributed by atoms with Crippen LogP contribution in [0, 0.1) is 6.07 Å². The van der Waals surface area contributed by atoms with E-state index in [0.717, 1.165) is 0 Å². The molecule has 0 aliphatic rings. The van der Waals surface area contributed by atoms with Crippen molar-refractivity contribution in [1.82, 2.24) is 0 Å². The highest BCUT2D eigenvalue weighted by molar-refractivity contribution is 6.15. The van der Waals surface area contributed by atoms with Gasteiger partial charge in [0, 0.05) is 0 Å². The largest absolute Gasteiger partial charge is 0.879 e. The van der Waals surface area contributed by atoms with Crippen LogP contribution in [0.5, 0.6) is 0 Å². The summed E-state index contributed by atoms with van der Waals surface area (Å²) in [5.41, 5.74) is 0. The fourth-order valence-corrected chi connectivity index (χ4v) is 0.342. The summed E-state index contributed by atoms with van der Waals surface area (Å²) in [4.78, 5) is 0. The van der Waals surface area contributed by atoms with Crippen molar-refractivity contribution < 1.29 is 5.91 Å². The van der Waals surface area contributed by atoms with Crippen molar-refractivity contribution >= 4 is 21.5 Å². The normalized spacial score (nSPS) is 6.44. The van der Waals surface area contributed by atoms with E-state index >= 15 is 0 Å². The van der Waals surface area contributed by atoms with Gasteiger partial charge in [0.1, 0.15) is 0 Å². The van der Waals surface area contributed by atoms with Crippen LogP contribution in [0.4, 0.5) is 5.91 Å². The Balaban J connectivity index is 0.000000187. The maximum absolute atomic E-state index is 9.76. The molecule has 0 heterocycles. The second-order valence-electron chi connectivity index (χ2n) is 1.18. The SMILES string of the molecule is [F][Mg][F].[c]1ccccc1. The second kappa shape index (κ2) is 7.85. The predicted molar refractivity (Wildman–Crippen MR) is 33.2 cm³/mol. The van der Waals surface area contributed by atoms with Crippen LogP contribution in [-0.4, -0.2) is 21.5 Å². The molecule has 0 aliphatic heterocycles. The molecule has 0 aromatic heterocycles. The Morgan fingerprint density at radius 3 is 1.56 bits per heavy atom. The third-order valence-electron chi connectivity index (χ3n) is 0.607. The molecule has 0 unspecified atom stereocenters. The van der Waals surface area contributed by atoms with Gasteiger partial charge in [0.25, 0.3) is 0 Å². The first kappa shape index (κ1) is 8.85. The van der Waals surface area contributed by atoms with Gasteiger partial charge in [-0.2, -0.15) is 0 Å². The van der Waals surface area contributed by atoms with Crippen LogP contribution < -0.4 is 0 Å². The molecule has 3 heteroatoms. The zero-order valence-electron chi connectivity index (χ0n) is 4.85. The van der Waals surface area contributed by atoms with Gasteiger partial charge in [-0.05, 0) is 6.07 Å². The van der Waals surface area contributed by atoms with E-state index < -0.39 is 21.5 Å². The van der Waals surface area contributed by atoms with Crippen LogP contribution in [0.2, 0.25) is 0 Å². The van der Waals surface area contributed by atoms with Gasteiger partial charge in [0.05, 0.1) is 0 Å². The fourth-order valence-electron chi connectivity index (χ4n) is 0.342. The lowest BCUT2D eigenvalue weighted by atomic mass is 10.4. The van der Waals surface area contributed by atoms with Crippen LogP contribution in [0.15, 0.2) is 30.3 Å². The molecule has 45 valence electrons. The maximum atomic E-state index is 9.76. The Morgan fingerprint density at radius 2 is 1.44 bits per heavy atom. The van der Waals surface area contributed by atoms with Crippen molar-refractivity contribution in [2.45, 2.75) is 0 Å². The third-order valence-corrected chi connectivity index (χ3v) is 0.607. The zero-order chi connectivity index (χ0) is 6.95. The molecule has 0 spiro atoms. The molecular weight excluding hydrogens is 134 g/mol. The molecule has 0 N–H and O–H groups in total. The summed E-state index contributed by atoms with van der Waals surface area (Å²) in [5, 5.41) is 0. The summed E-state index contributed by atoms with van der Waals surface area (Å²) < 4.78 is 19.5. The van der Waals surface area contributed by atoms with E-state index in [2.05, 4.69) is 6.07 Å². The Labute approximate surface area is 64.1 Å². The van der Waals surface area contributed by atoms with E-state index in [4.69, 9.17) is 0 Å². The number of hydrogen-bond donors (Lipinski definition) is 0. The summed E-state index contributed by atoms with van der Waals surface area (Å²) in [6, 6.07) is 12.5. The minimum absolute atomic E-state index is 1.88. The Morgan fingerprint density at radius 1 is 1.00 bits per heavy atom. The van der Waals surface area contributed by atoms with Crippen molar-refractivity contribution in [3.05, 3.63) is 36.4 Å². The first-order valence-corrected chi connectivity index (χ1v) is 3.51. The monoisotopic (exact) mass is 139 g/mol. The highest BCUT2D eigenvalue weighted by Crippen LogP contribution is 1.78. The molecule has 0 saturated heterocycles. The third kappa shape index (κ3) is 7.85. The molecule has 0 aliphatic carbocycles. The minimum Gasteiger partial charge on any atom is -0.440 e. The van der Waals surface area contributed by atoms with Crippen LogP contribution >= 0.6 is 0 Å². The smallest absolute Gasteiger partial charge is 0.440 e. The van der Waals surface area contributed by atoms with E-state index in [-0.39, 0.29) is 0 Å². The number of rotatable bonds is 0. The maximum Gasteiger partial charge on any atom is 0.879 e. The summed E-state index contributed by atoms with van der Waals surface area (Å²) in [6.45, 7) is 0. The molecule has 0 nitrogen and oxygen atoms in total. The highest BCUT2D eigenvalue weighted by atomic mass is 24.7. The predicted octanol–water partition coefficient (Wildman–Crippen LogP) is 1.95. The van der Waals surface area contributed by atoms with E-state index in [1.165, 1.54) is 0 Å². The molecule has 0 atom stereocenters. The molecule has 1 rings (SSSR count). The first-order valence-electron chi connectivity index (χ1n) is 2.45. The lowest BCUT2D eigenvalue weighted by molar-refractivity contribution is 0.712. The molecule has 0 bridgehead atoms. The topological polar surface area (TPSA) is 0 Å². The van der Waals surface area contributed by atoms with Crippen molar-refractivity contribution in [3.8, 4) is 0 Å². The second-order valence-corrected chi connectivity index (χ2v) is 1.38. The Kier molecular flexibility index (Phi) is 7.71. The molecule has 0 fully saturated rings. The summed E-state index contributed by atoms with van der Waals surface area (Å²) in [5.74, 6) is 0. The van der Waals surface area contributed by atoms with Gasteiger partial charge in [-0.1, -0.05) is 30.3 Å². The van der Waals surface area contributed by atoms with Crippen molar-refractivity contribution in [2.75, 3.05) is 0 Å². The average Bonchev–Trinajstić information content (AvgIpc) is 1.93. The van der Waals surface area contributed by atoms with Crippen molar-refractivity contribution in [1.29, 1.82) is 0 Å². The molecule has 0 amide bonds. The van der Waals surface area contributed by atoms with Crippen molar-refractivity contribution in [3.63, 3.8) is 0 Å². The van der Waals surface area contributed by atoms with Crippen LogP contribution in [-0.2, 0) is 0 Å².